The van der Waals surface area contributed by atoms with E-state index in [4.69, 9.17) is 4.74 Å². The van der Waals surface area contributed by atoms with E-state index in [1.807, 2.05) is 0 Å². The fourth-order valence-corrected chi connectivity index (χ4v) is 1.99. The molecule has 2 aromatic heterocycles. The minimum atomic E-state index is -0.442. The van der Waals surface area contributed by atoms with Crippen molar-refractivity contribution in [1.29, 1.82) is 0 Å². The molecule has 0 N–H and O–H groups in total. The molecule has 0 aliphatic rings. The second-order valence-electron chi connectivity index (χ2n) is 4.50. The van der Waals surface area contributed by atoms with Crippen LogP contribution in [0.2, 0.25) is 0 Å². The number of benzene rings is 1. The van der Waals surface area contributed by atoms with E-state index in [9.17, 15) is 9.18 Å². The first-order valence-corrected chi connectivity index (χ1v) is 6.48. The monoisotopic (exact) mass is 301 g/mol. The number of rotatable bonds is 4. The van der Waals surface area contributed by atoms with Crippen molar-refractivity contribution in [2.24, 2.45) is 0 Å². The maximum Gasteiger partial charge on any atom is 0.338 e. The maximum atomic E-state index is 13.1. The second kappa shape index (κ2) is 5.80. The SMILES string of the molecule is COC(=O)c1ccn2c(COc3cccc(F)c3)nnc2c1. The van der Waals surface area contributed by atoms with Gasteiger partial charge < -0.3 is 9.47 Å². The van der Waals surface area contributed by atoms with Crippen LogP contribution in [0.15, 0.2) is 42.6 Å². The van der Waals surface area contributed by atoms with Gasteiger partial charge in [0.1, 0.15) is 18.2 Å². The third-order valence-corrected chi connectivity index (χ3v) is 3.07. The molecule has 112 valence electrons. The molecule has 2 heterocycles. The van der Waals surface area contributed by atoms with Crippen molar-refractivity contribution in [3.8, 4) is 5.75 Å². The van der Waals surface area contributed by atoms with Crippen LogP contribution in [0.5, 0.6) is 5.75 Å². The Kier molecular flexibility index (Phi) is 3.69. The molecule has 3 aromatic rings. The molecule has 0 bridgehead atoms. The van der Waals surface area contributed by atoms with Crippen LogP contribution in [0.4, 0.5) is 4.39 Å². The summed E-state index contributed by atoms with van der Waals surface area (Å²) < 4.78 is 24.9. The highest BCUT2D eigenvalue weighted by molar-refractivity contribution is 5.90. The van der Waals surface area contributed by atoms with Crippen LogP contribution < -0.4 is 4.74 Å². The predicted octanol–water partition coefficient (Wildman–Crippen LogP) is 2.23. The zero-order valence-electron chi connectivity index (χ0n) is 11.7. The lowest BCUT2D eigenvalue weighted by molar-refractivity contribution is 0.0600. The Hall–Kier alpha value is -2.96. The Balaban J connectivity index is 1.81. The fraction of sp³-hybridized carbons (Fsp3) is 0.133. The zero-order chi connectivity index (χ0) is 15.5. The molecule has 0 amide bonds. The number of halogens is 1. The average Bonchev–Trinajstić information content (AvgIpc) is 2.94. The molecule has 0 fully saturated rings. The van der Waals surface area contributed by atoms with E-state index < -0.39 is 5.97 Å². The summed E-state index contributed by atoms with van der Waals surface area (Å²) >= 11 is 0. The largest absolute Gasteiger partial charge is 0.485 e. The number of carbonyl (C=O) groups is 1. The molecular formula is C15H12FN3O3. The van der Waals surface area contributed by atoms with Gasteiger partial charge in [0.15, 0.2) is 11.5 Å². The normalized spacial score (nSPS) is 10.6. The first-order chi connectivity index (χ1) is 10.7. The lowest BCUT2D eigenvalue weighted by Crippen LogP contribution is -2.04. The molecule has 22 heavy (non-hydrogen) atoms. The van der Waals surface area contributed by atoms with Crippen LogP contribution in [0, 0.1) is 5.82 Å². The molecule has 1 aromatic carbocycles. The van der Waals surface area contributed by atoms with Crippen LogP contribution in [-0.4, -0.2) is 27.7 Å². The van der Waals surface area contributed by atoms with Crippen molar-refractivity contribution in [3.05, 3.63) is 59.8 Å². The van der Waals surface area contributed by atoms with Gasteiger partial charge in [-0.15, -0.1) is 10.2 Å². The summed E-state index contributed by atoms with van der Waals surface area (Å²) in [6.07, 6.45) is 1.66. The number of carbonyl (C=O) groups excluding carboxylic acids is 1. The van der Waals surface area contributed by atoms with Crippen LogP contribution >= 0.6 is 0 Å². The standard InChI is InChI=1S/C15H12FN3O3/c1-21-15(20)10-5-6-19-13(7-10)17-18-14(19)9-22-12-4-2-3-11(16)8-12/h2-8H,9H2,1H3. The quantitative estimate of drug-likeness (QED) is 0.691. The Morgan fingerprint density at radius 3 is 2.91 bits per heavy atom. The first kappa shape index (κ1) is 14.0. The van der Waals surface area contributed by atoms with Gasteiger partial charge >= 0.3 is 5.97 Å². The number of methoxy groups -OCH3 is 1. The van der Waals surface area contributed by atoms with E-state index in [2.05, 4.69) is 14.9 Å². The summed E-state index contributed by atoms with van der Waals surface area (Å²) in [7, 11) is 1.31. The van der Waals surface area contributed by atoms with E-state index in [1.54, 1.807) is 34.9 Å². The summed E-state index contributed by atoms with van der Waals surface area (Å²) in [6.45, 7) is 0.127. The zero-order valence-corrected chi connectivity index (χ0v) is 11.7. The Labute approximate surface area is 125 Å². The molecule has 0 saturated carbocycles. The smallest absolute Gasteiger partial charge is 0.338 e. The number of pyridine rings is 1. The minimum absolute atomic E-state index is 0.127. The lowest BCUT2D eigenvalue weighted by Gasteiger charge is -2.05. The third-order valence-electron chi connectivity index (χ3n) is 3.07. The van der Waals surface area contributed by atoms with E-state index in [0.717, 1.165) is 0 Å². The van der Waals surface area contributed by atoms with Crippen LogP contribution in [0.1, 0.15) is 16.2 Å². The molecule has 0 aliphatic carbocycles. The number of hydrogen-bond acceptors (Lipinski definition) is 5. The average molecular weight is 301 g/mol. The van der Waals surface area contributed by atoms with E-state index in [0.29, 0.717) is 22.8 Å². The van der Waals surface area contributed by atoms with Crippen molar-refractivity contribution < 1.29 is 18.7 Å². The first-order valence-electron chi connectivity index (χ1n) is 6.48. The summed E-state index contributed by atoms with van der Waals surface area (Å²) in [5.41, 5.74) is 0.890. The molecule has 0 spiro atoms. The number of esters is 1. The highest BCUT2D eigenvalue weighted by Gasteiger charge is 2.11. The van der Waals surface area contributed by atoms with E-state index >= 15 is 0 Å². The van der Waals surface area contributed by atoms with Crippen LogP contribution in [0.3, 0.4) is 0 Å². The summed E-state index contributed by atoms with van der Waals surface area (Å²) in [5, 5.41) is 7.98. The number of hydrogen-bond donors (Lipinski definition) is 0. The second-order valence-corrected chi connectivity index (χ2v) is 4.50. The van der Waals surface area contributed by atoms with Gasteiger partial charge in [0.2, 0.25) is 0 Å². The number of aromatic nitrogens is 3. The topological polar surface area (TPSA) is 65.7 Å². The Bertz CT molecular complexity index is 832. The van der Waals surface area contributed by atoms with Gasteiger partial charge in [0.25, 0.3) is 0 Å². The number of fused-ring (bicyclic) bond motifs is 1. The molecule has 0 unspecified atom stereocenters. The summed E-state index contributed by atoms with van der Waals surface area (Å²) in [4.78, 5) is 11.5. The Morgan fingerprint density at radius 2 is 2.14 bits per heavy atom. The van der Waals surface area contributed by atoms with Gasteiger partial charge in [-0.05, 0) is 24.3 Å². The highest BCUT2D eigenvalue weighted by Crippen LogP contribution is 2.14. The van der Waals surface area contributed by atoms with Crippen LogP contribution in [-0.2, 0) is 11.3 Å². The van der Waals surface area contributed by atoms with Crippen LogP contribution in [0.25, 0.3) is 5.65 Å². The summed E-state index contributed by atoms with van der Waals surface area (Å²) in [5.74, 6) is 0.132. The van der Waals surface area contributed by atoms with Gasteiger partial charge in [-0.2, -0.15) is 0 Å². The highest BCUT2D eigenvalue weighted by atomic mass is 19.1. The van der Waals surface area contributed by atoms with Gasteiger partial charge in [-0.3, -0.25) is 4.40 Å². The van der Waals surface area contributed by atoms with Crippen molar-refractivity contribution in [3.63, 3.8) is 0 Å². The van der Waals surface area contributed by atoms with Crippen molar-refractivity contribution in [2.45, 2.75) is 6.61 Å². The minimum Gasteiger partial charge on any atom is -0.485 e. The molecular weight excluding hydrogens is 289 g/mol. The lowest BCUT2D eigenvalue weighted by atomic mass is 10.2. The summed E-state index contributed by atoms with van der Waals surface area (Å²) in [6, 6.07) is 9.03. The Morgan fingerprint density at radius 1 is 1.27 bits per heavy atom. The van der Waals surface area contributed by atoms with Crippen molar-refractivity contribution >= 4 is 11.6 Å². The number of ether oxygens (including phenoxy) is 2. The van der Waals surface area contributed by atoms with Crippen molar-refractivity contribution in [2.75, 3.05) is 7.11 Å². The molecule has 3 rings (SSSR count). The van der Waals surface area contributed by atoms with E-state index in [-0.39, 0.29) is 12.4 Å². The van der Waals surface area contributed by atoms with Gasteiger partial charge in [0, 0.05) is 12.3 Å². The molecule has 0 aliphatic heterocycles. The van der Waals surface area contributed by atoms with Gasteiger partial charge in [-0.1, -0.05) is 6.07 Å². The molecule has 7 heteroatoms. The van der Waals surface area contributed by atoms with Gasteiger partial charge in [0.05, 0.1) is 12.7 Å². The van der Waals surface area contributed by atoms with E-state index in [1.165, 1.54) is 19.2 Å². The maximum absolute atomic E-state index is 13.1. The number of nitrogens with zero attached hydrogens (tertiary/aromatic N) is 3. The van der Waals surface area contributed by atoms with Crippen molar-refractivity contribution in [1.82, 2.24) is 14.6 Å². The third kappa shape index (κ3) is 2.73. The molecule has 0 saturated heterocycles. The van der Waals surface area contributed by atoms with Gasteiger partial charge in [-0.25, -0.2) is 9.18 Å². The fourth-order valence-electron chi connectivity index (χ4n) is 1.99. The molecule has 0 radical (unpaired) electrons. The predicted molar refractivity (Wildman–Crippen MR) is 75.1 cm³/mol. The molecule has 0 atom stereocenters. The molecule has 6 nitrogen and oxygen atoms in total.